The highest BCUT2D eigenvalue weighted by molar-refractivity contribution is 9.10. The van der Waals surface area contributed by atoms with Gasteiger partial charge >= 0.3 is 0 Å². The van der Waals surface area contributed by atoms with Crippen molar-refractivity contribution >= 4 is 15.9 Å². The molecule has 0 bridgehead atoms. The fourth-order valence-corrected chi connectivity index (χ4v) is 3.29. The predicted molar refractivity (Wildman–Crippen MR) is 78.0 cm³/mol. The molecule has 1 unspecified atom stereocenters. The van der Waals surface area contributed by atoms with Gasteiger partial charge in [-0.25, -0.2) is 0 Å². The van der Waals surface area contributed by atoms with E-state index in [0.29, 0.717) is 17.8 Å². The number of hydrogen-bond acceptors (Lipinski definition) is 3. The van der Waals surface area contributed by atoms with E-state index in [4.69, 9.17) is 9.15 Å². The van der Waals surface area contributed by atoms with Crippen LogP contribution in [0.25, 0.3) is 0 Å². The summed E-state index contributed by atoms with van der Waals surface area (Å²) in [6.45, 7) is 7.14. The van der Waals surface area contributed by atoms with Gasteiger partial charge in [-0.1, -0.05) is 13.8 Å². The van der Waals surface area contributed by atoms with Crippen LogP contribution in [-0.4, -0.2) is 17.3 Å². The zero-order valence-corrected chi connectivity index (χ0v) is 13.5. The Kier molecular flexibility index (Phi) is 4.43. The van der Waals surface area contributed by atoms with Crippen LogP contribution in [0.3, 0.4) is 0 Å². The van der Waals surface area contributed by atoms with Crippen LogP contribution in [0.5, 0.6) is 0 Å². The molecule has 0 radical (unpaired) electrons. The Morgan fingerprint density at radius 1 is 1.37 bits per heavy atom. The van der Waals surface area contributed by atoms with Gasteiger partial charge in [-0.2, -0.15) is 0 Å². The van der Waals surface area contributed by atoms with Crippen molar-refractivity contribution in [3.8, 4) is 0 Å². The quantitative estimate of drug-likeness (QED) is 0.886. The molecule has 108 valence electrons. The second-order valence-corrected chi connectivity index (χ2v) is 7.05. The van der Waals surface area contributed by atoms with Crippen molar-refractivity contribution in [3.63, 3.8) is 0 Å². The van der Waals surface area contributed by atoms with Gasteiger partial charge in [-0.05, 0) is 60.0 Å². The zero-order chi connectivity index (χ0) is 14.1. The van der Waals surface area contributed by atoms with Gasteiger partial charge in [0.25, 0.3) is 0 Å². The molecular formula is C15H23BrO3. The van der Waals surface area contributed by atoms with E-state index in [9.17, 15) is 5.11 Å². The van der Waals surface area contributed by atoms with Gasteiger partial charge in [0.05, 0.1) is 10.7 Å². The normalized spacial score (nSPS) is 23.2. The molecule has 1 aromatic heterocycles. The average Bonchev–Trinajstić information content (AvgIpc) is 2.78. The maximum Gasteiger partial charge on any atom is 0.149 e. The Balaban J connectivity index is 2.23. The lowest BCUT2D eigenvalue weighted by atomic mass is 9.68. The van der Waals surface area contributed by atoms with E-state index in [1.165, 1.54) is 0 Å². The summed E-state index contributed by atoms with van der Waals surface area (Å²) in [5.41, 5.74) is -0.175. The Bertz CT molecular complexity index is 415. The zero-order valence-electron chi connectivity index (χ0n) is 11.9. The number of halogens is 1. The number of furan rings is 1. The van der Waals surface area contributed by atoms with Gasteiger partial charge in [0.2, 0.25) is 0 Å². The lowest BCUT2D eigenvalue weighted by Crippen LogP contribution is -2.44. The maximum atomic E-state index is 10.7. The Hall–Kier alpha value is -0.320. The predicted octanol–water partition coefficient (Wildman–Crippen LogP) is 4.45. The molecule has 0 saturated heterocycles. The van der Waals surface area contributed by atoms with Crippen LogP contribution < -0.4 is 0 Å². The fourth-order valence-electron chi connectivity index (χ4n) is 2.87. The smallest absolute Gasteiger partial charge is 0.149 e. The van der Waals surface area contributed by atoms with Crippen LogP contribution in [0.15, 0.2) is 21.2 Å². The highest BCUT2D eigenvalue weighted by Gasteiger charge is 2.46. The van der Waals surface area contributed by atoms with Crippen molar-refractivity contribution in [2.45, 2.75) is 58.2 Å². The molecule has 1 heterocycles. The number of ether oxygens (including phenoxy) is 1. The third kappa shape index (κ3) is 3.06. The summed E-state index contributed by atoms with van der Waals surface area (Å²) in [6.07, 6.45) is 4.72. The van der Waals surface area contributed by atoms with Gasteiger partial charge < -0.3 is 14.3 Å². The van der Waals surface area contributed by atoms with Crippen molar-refractivity contribution in [1.29, 1.82) is 0 Å². The molecule has 4 heteroatoms. The molecule has 0 amide bonds. The maximum absolute atomic E-state index is 10.7. The molecule has 1 N–H and O–H groups in total. The van der Waals surface area contributed by atoms with Gasteiger partial charge in [-0.3, -0.25) is 0 Å². The van der Waals surface area contributed by atoms with Crippen molar-refractivity contribution in [2.24, 2.45) is 5.41 Å². The number of rotatable bonds is 4. The first-order chi connectivity index (χ1) is 8.90. The summed E-state index contributed by atoms with van der Waals surface area (Å²) in [5, 5.41) is 10.7. The number of aliphatic hydroxyl groups is 1. The minimum atomic E-state index is -0.715. The topological polar surface area (TPSA) is 42.6 Å². The van der Waals surface area contributed by atoms with Gasteiger partial charge in [0.15, 0.2) is 0 Å². The van der Waals surface area contributed by atoms with Crippen LogP contribution in [0.1, 0.15) is 58.3 Å². The molecule has 1 fully saturated rings. The molecule has 0 aromatic carbocycles. The van der Waals surface area contributed by atoms with Crippen molar-refractivity contribution < 1.29 is 14.3 Å². The summed E-state index contributed by atoms with van der Waals surface area (Å²) < 4.78 is 12.2. The Labute approximate surface area is 123 Å². The average molecular weight is 331 g/mol. The van der Waals surface area contributed by atoms with E-state index in [2.05, 4.69) is 29.8 Å². The van der Waals surface area contributed by atoms with Crippen LogP contribution in [0.2, 0.25) is 0 Å². The summed E-state index contributed by atoms with van der Waals surface area (Å²) in [4.78, 5) is 0. The lowest BCUT2D eigenvalue weighted by molar-refractivity contribution is -0.159. The summed E-state index contributed by atoms with van der Waals surface area (Å²) >= 11 is 3.42. The van der Waals surface area contributed by atoms with Gasteiger partial charge in [0, 0.05) is 6.61 Å². The molecule has 1 aliphatic rings. The fraction of sp³-hybridized carbons (Fsp3) is 0.733. The number of aliphatic hydroxyl groups excluding tert-OH is 1. The molecule has 3 nitrogen and oxygen atoms in total. The molecule has 1 atom stereocenters. The standard InChI is InChI=1S/C15H23BrO3/c1-4-19-15(8-6-14(2,3)7-9-15)13(17)12-11(16)5-10-18-12/h5,10,13,17H,4,6-9H2,1-3H3. The molecule has 19 heavy (non-hydrogen) atoms. The third-order valence-corrected chi connectivity index (χ3v) is 4.93. The summed E-state index contributed by atoms with van der Waals surface area (Å²) in [5.74, 6) is 0.577. The molecule has 1 aromatic rings. The van der Waals surface area contributed by atoms with E-state index in [-0.39, 0.29) is 0 Å². The van der Waals surface area contributed by atoms with Crippen molar-refractivity contribution in [1.82, 2.24) is 0 Å². The minimum Gasteiger partial charge on any atom is -0.465 e. The highest BCUT2D eigenvalue weighted by atomic mass is 79.9. The first-order valence-corrected chi connectivity index (χ1v) is 7.74. The van der Waals surface area contributed by atoms with E-state index in [1.54, 1.807) is 6.26 Å². The SMILES string of the molecule is CCOC1(C(O)c2occc2Br)CCC(C)(C)CC1. The molecule has 1 saturated carbocycles. The van der Waals surface area contributed by atoms with E-state index >= 15 is 0 Å². The minimum absolute atomic E-state index is 0.334. The number of hydrogen-bond donors (Lipinski definition) is 1. The lowest BCUT2D eigenvalue weighted by Gasteiger charge is -2.45. The highest BCUT2D eigenvalue weighted by Crippen LogP contribution is 2.48. The van der Waals surface area contributed by atoms with Crippen LogP contribution in [0, 0.1) is 5.41 Å². The van der Waals surface area contributed by atoms with Crippen LogP contribution >= 0.6 is 15.9 Å². The second kappa shape index (κ2) is 5.58. The Morgan fingerprint density at radius 2 is 2.00 bits per heavy atom. The Morgan fingerprint density at radius 3 is 2.47 bits per heavy atom. The van der Waals surface area contributed by atoms with Crippen LogP contribution in [-0.2, 0) is 4.74 Å². The summed E-state index contributed by atoms with van der Waals surface area (Å²) in [6, 6.07) is 1.81. The van der Waals surface area contributed by atoms with E-state index in [1.807, 2.05) is 13.0 Å². The summed E-state index contributed by atoms with van der Waals surface area (Å²) in [7, 11) is 0. The van der Waals surface area contributed by atoms with E-state index < -0.39 is 11.7 Å². The molecule has 1 aliphatic carbocycles. The van der Waals surface area contributed by atoms with Crippen LogP contribution in [0.4, 0.5) is 0 Å². The van der Waals surface area contributed by atoms with Gasteiger partial charge in [-0.15, -0.1) is 0 Å². The largest absolute Gasteiger partial charge is 0.465 e. The molecule has 2 rings (SSSR count). The van der Waals surface area contributed by atoms with Crippen molar-refractivity contribution in [3.05, 3.63) is 22.6 Å². The molecule has 0 spiro atoms. The monoisotopic (exact) mass is 330 g/mol. The first-order valence-electron chi connectivity index (χ1n) is 6.95. The van der Waals surface area contributed by atoms with Gasteiger partial charge in [0.1, 0.15) is 17.5 Å². The van der Waals surface area contributed by atoms with Crippen molar-refractivity contribution in [2.75, 3.05) is 6.61 Å². The first kappa shape index (κ1) is 15.1. The molecule has 0 aliphatic heterocycles. The third-order valence-electron chi connectivity index (χ3n) is 4.27. The second-order valence-electron chi connectivity index (χ2n) is 6.20. The molecular weight excluding hydrogens is 308 g/mol. The van der Waals surface area contributed by atoms with E-state index in [0.717, 1.165) is 30.2 Å².